The quantitative estimate of drug-likeness (QED) is 0.765. The van der Waals surface area contributed by atoms with Crippen LogP contribution in [0.3, 0.4) is 0 Å². The van der Waals surface area contributed by atoms with Gasteiger partial charge in [0.05, 0.1) is 5.37 Å². The highest BCUT2D eigenvalue weighted by Gasteiger charge is 2.41. The van der Waals surface area contributed by atoms with Gasteiger partial charge in [-0.25, -0.2) is 9.59 Å². The lowest BCUT2D eigenvalue weighted by molar-refractivity contribution is -0.141. The van der Waals surface area contributed by atoms with Crippen LogP contribution in [-0.2, 0) is 4.79 Å². The number of nitrogens with one attached hydrogen (secondary N) is 1. The Morgan fingerprint density at radius 2 is 2.11 bits per heavy atom. The highest BCUT2D eigenvalue weighted by Crippen LogP contribution is 2.31. The second kappa shape index (κ2) is 5.65. The van der Waals surface area contributed by atoms with Crippen LogP contribution in [0.25, 0.3) is 0 Å². The number of thioether (sulfide) groups is 1. The first kappa shape index (κ1) is 13.3. The molecule has 1 heterocycles. The lowest BCUT2D eigenvalue weighted by Gasteiger charge is -2.28. The summed E-state index contributed by atoms with van der Waals surface area (Å²) in [6.07, 6.45) is 6.51. The molecule has 6 heteroatoms. The fraction of sp³-hybridized carbons (Fsp3) is 0.667. The average Bonchev–Trinajstić information content (AvgIpc) is 2.95. The predicted molar refractivity (Wildman–Crippen MR) is 70.5 cm³/mol. The van der Waals surface area contributed by atoms with Gasteiger partial charge in [0.15, 0.2) is 0 Å². The molecular formula is C12H18N2O3S. The molecule has 0 radical (unpaired) electrons. The molecule has 100 valence electrons. The summed E-state index contributed by atoms with van der Waals surface area (Å²) in [6, 6.07) is -0.822. The van der Waals surface area contributed by atoms with Gasteiger partial charge in [0.2, 0.25) is 0 Å². The predicted octanol–water partition coefficient (Wildman–Crippen LogP) is 1.65. The van der Waals surface area contributed by atoms with Crippen molar-refractivity contribution in [2.24, 2.45) is 0 Å². The molecular weight excluding hydrogens is 252 g/mol. The van der Waals surface area contributed by atoms with E-state index in [2.05, 4.69) is 5.32 Å². The molecule has 0 aromatic carbocycles. The number of hydrogen-bond donors (Lipinski definition) is 2. The van der Waals surface area contributed by atoms with E-state index in [9.17, 15) is 9.59 Å². The van der Waals surface area contributed by atoms with Crippen LogP contribution in [0, 0.1) is 0 Å². The van der Waals surface area contributed by atoms with Gasteiger partial charge in [-0.15, -0.1) is 11.8 Å². The Morgan fingerprint density at radius 1 is 1.44 bits per heavy atom. The van der Waals surface area contributed by atoms with Crippen LogP contribution < -0.4 is 5.32 Å². The smallest absolute Gasteiger partial charge is 0.327 e. The molecule has 1 aliphatic carbocycles. The van der Waals surface area contributed by atoms with Crippen LogP contribution >= 0.6 is 11.8 Å². The molecule has 2 atom stereocenters. The Kier molecular flexibility index (Phi) is 4.16. The Balaban J connectivity index is 2.01. The first-order chi connectivity index (χ1) is 8.63. The van der Waals surface area contributed by atoms with Gasteiger partial charge in [-0.1, -0.05) is 19.1 Å². The Bertz CT molecular complexity index is 364. The van der Waals surface area contributed by atoms with E-state index in [1.165, 1.54) is 4.90 Å². The zero-order valence-corrected chi connectivity index (χ0v) is 11.2. The van der Waals surface area contributed by atoms with E-state index in [-0.39, 0.29) is 17.4 Å². The molecule has 5 nitrogen and oxygen atoms in total. The van der Waals surface area contributed by atoms with Crippen molar-refractivity contribution in [2.75, 3.05) is 5.75 Å². The van der Waals surface area contributed by atoms with Crippen molar-refractivity contribution in [2.45, 2.75) is 43.6 Å². The third kappa shape index (κ3) is 2.63. The van der Waals surface area contributed by atoms with E-state index >= 15 is 0 Å². The number of carboxylic acid groups (broad SMARTS) is 1. The highest BCUT2D eigenvalue weighted by molar-refractivity contribution is 8.00. The fourth-order valence-corrected chi connectivity index (χ4v) is 3.67. The summed E-state index contributed by atoms with van der Waals surface area (Å²) < 4.78 is 0. The maximum Gasteiger partial charge on any atom is 0.327 e. The average molecular weight is 270 g/mol. The molecule has 1 saturated heterocycles. The zero-order chi connectivity index (χ0) is 13.1. The van der Waals surface area contributed by atoms with Gasteiger partial charge in [-0.05, 0) is 19.3 Å². The molecule has 0 aromatic heterocycles. The molecule has 0 saturated carbocycles. The molecule has 0 bridgehead atoms. The van der Waals surface area contributed by atoms with Crippen LogP contribution in [0.5, 0.6) is 0 Å². The molecule has 18 heavy (non-hydrogen) atoms. The molecule has 2 rings (SSSR count). The van der Waals surface area contributed by atoms with Gasteiger partial charge in [-0.2, -0.15) is 0 Å². The van der Waals surface area contributed by atoms with Crippen LogP contribution in [0.4, 0.5) is 4.79 Å². The van der Waals surface area contributed by atoms with Gasteiger partial charge < -0.3 is 10.4 Å². The van der Waals surface area contributed by atoms with Crippen molar-refractivity contribution in [3.05, 3.63) is 12.2 Å². The molecule has 0 aromatic rings. The maximum absolute atomic E-state index is 12.2. The van der Waals surface area contributed by atoms with Crippen LogP contribution in [0.1, 0.15) is 26.2 Å². The highest BCUT2D eigenvalue weighted by atomic mass is 32.2. The summed E-state index contributed by atoms with van der Waals surface area (Å²) in [4.78, 5) is 24.9. The van der Waals surface area contributed by atoms with Crippen molar-refractivity contribution in [3.8, 4) is 0 Å². The van der Waals surface area contributed by atoms with E-state index in [1.54, 1.807) is 11.8 Å². The van der Waals surface area contributed by atoms with Gasteiger partial charge in [0.1, 0.15) is 6.04 Å². The van der Waals surface area contributed by atoms with E-state index in [4.69, 9.17) is 5.11 Å². The second-order valence-electron chi connectivity index (χ2n) is 4.55. The van der Waals surface area contributed by atoms with E-state index in [1.807, 2.05) is 19.1 Å². The second-order valence-corrected chi connectivity index (χ2v) is 5.76. The fourth-order valence-electron chi connectivity index (χ4n) is 2.32. The molecule has 2 unspecified atom stereocenters. The summed E-state index contributed by atoms with van der Waals surface area (Å²) in [5.41, 5.74) is 0. The van der Waals surface area contributed by atoms with Crippen LogP contribution in [-0.4, -0.2) is 45.2 Å². The minimum absolute atomic E-state index is 0.0273. The van der Waals surface area contributed by atoms with Gasteiger partial charge in [0.25, 0.3) is 0 Å². The van der Waals surface area contributed by atoms with Crippen molar-refractivity contribution in [3.63, 3.8) is 0 Å². The largest absolute Gasteiger partial charge is 0.480 e. The minimum atomic E-state index is -0.918. The zero-order valence-electron chi connectivity index (χ0n) is 10.3. The van der Waals surface area contributed by atoms with Crippen LogP contribution in [0.15, 0.2) is 12.2 Å². The molecule has 0 spiro atoms. The lowest BCUT2D eigenvalue weighted by atomic mass is 10.2. The van der Waals surface area contributed by atoms with Crippen molar-refractivity contribution >= 4 is 23.8 Å². The molecule has 1 aliphatic heterocycles. The number of aliphatic carboxylic acids is 1. The molecule has 1 fully saturated rings. The summed E-state index contributed by atoms with van der Waals surface area (Å²) in [6.45, 7) is 1.97. The minimum Gasteiger partial charge on any atom is -0.480 e. The van der Waals surface area contributed by atoms with Gasteiger partial charge >= 0.3 is 12.0 Å². The Hall–Kier alpha value is -1.17. The van der Waals surface area contributed by atoms with Crippen molar-refractivity contribution in [1.29, 1.82) is 0 Å². The van der Waals surface area contributed by atoms with Crippen LogP contribution in [0.2, 0.25) is 0 Å². The normalized spacial score (nSPS) is 27.7. The number of rotatable bonds is 3. The number of hydrogen-bond acceptors (Lipinski definition) is 3. The molecule has 2 aliphatic rings. The SMILES string of the molecule is CCC1SCC(C(=O)O)N1C(=O)NC1CC=CC1. The first-order valence-corrected chi connectivity index (χ1v) is 7.26. The van der Waals surface area contributed by atoms with Crippen molar-refractivity contribution in [1.82, 2.24) is 10.2 Å². The number of carbonyl (C=O) groups excluding carboxylic acids is 1. The van der Waals surface area contributed by atoms with Crippen molar-refractivity contribution < 1.29 is 14.7 Å². The summed E-state index contributed by atoms with van der Waals surface area (Å²) in [7, 11) is 0. The standard InChI is InChI=1S/C12H18N2O3S/c1-2-10-14(9(7-18-10)11(15)16)12(17)13-8-5-3-4-6-8/h3-4,8-10H,2,5-7H2,1H3,(H,13,17)(H,15,16). The third-order valence-electron chi connectivity index (χ3n) is 3.30. The maximum atomic E-state index is 12.2. The van der Waals surface area contributed by atoms with E-state index < -0.39 is 12.0 Å². The monoisotopic (exact) mass is 270 g/mol. The number of carbonyl (C=O) groups is 2. The Morgan fingerprint density at radius 3 is 2.67 bits per heavy atom. The number of nitrogens with zero attached hydrogens (tertiary/aromatic N) is 1. The number of carboxylic acids is 1. The van der Waals surface area contributed by atoms with E-state index in [0.717, 1.165) is 19.3 Å². The summed E-state index contributed by atoms with van der Waals surface area (Å²) in [5.74, 6) is -0.442. The topological polar surface area (TPSA) is 69.6 Å². The third-order valence-corrected chi connectivity index (χ3v) is 4.75. The number of amides is 2. The molecule has 2 N–H and O–H groups in total. The molecule has 2 amide bonds. The Labute approximate surface area is 111 Å². The van der Waals surface area contributed by atoms with Gasteiger partial charge in [-0.3, -0.25) is 4.90 Å². The summed E-state index contributed by atoms with van der Waals surface area (Å²) >= 11 is 1.54. The number of urea groups is 1. The van der Waals surface area contributed by atoms with E-state index in [0.29, 0.717) is 5.75 Å². The lowest BCUT2D eigenvalue weighted by Crippen LogP contribution is -2.52. The van der Waals surface area contributed by atoms with Gasteiger partial charge in [0, 0.05) is 11.8 Å². The first-order valence-electron chi connectivity index (χ1n) is 6.21. The summed E-state index contributed by atoms with van der Waals surface area (Å²) in [5, 5.41) is 12.0.